The Morgan fingerprint density at radius 1 is 1.22 bits per heavy atom. The number of ether oxygens (including phenoxy) is 1. The molecule has 0 radical (unpaired) electrons. The van der Waals surface area contributed by atoms with Crippen molar-refractivity contribution >= 4 is 21.6 Å². The average Bonchev–Trinajstić information content (AvgIpc) is 2.63. The summed E-state index contributed by atoms with van der Waals surface area (Å²) in [6.07, 6.45) is 8.78. The summed E-state index contributed by atoms with van der Waals surface area (Å²) in [7, 11) is -3.35. The van der Waals surface area contributed by atoms with Crippen molar-refractivity contribution in [3.05, 3.63) is 35.9 Å². The average molecular weight is 395 g/mol. The molecule has 6 nitrogen and oxygen atoms in total. The van der Waals surface area contributed by atoms with Gasteiger partial charge in [-0.05, 0) is 51.2 Å². The van der Waals surface area contributed by atoms with Gasteiger partial charge in [0, 0.05) is 19.5 Å². The van der Waals surface area contributed by atoms with E-state index in [0.29, 0.717) is 24.6 Å². The van der Waals surface area contributed by atoms with Crippen molar-refractivity contribution in [1.29, 1.82) is 0 Å². The first kappa shape index (κ1) is 21.4. The molecular weight excluding hydrogens is 364 g/mol. The van der Waals surface area contributed by atoms with E-state index >= 15 is 0 Å². The molecule has 0 atom stereocenters. The van der Waals surface area contributed by atoms with E-state index in [1.807, 2.05) is 19.1 Å². The predicted octanol–water partition coefficient (Wildman–Crippen LogP) is 3.57. The zero-order valence-electron chi connectivity index (χ0n) is 16.2. The topological polar surface area (TPSA) is 75.7 Å². The number of nitrogens with one attached hydrogen (secondary N) is 1. The van der Waals surface area contributed by atoms with Crippen molar-refractivity contribution in [2.24, 2.45) is 0 Å². The molecule has 1 aromatic rings. The van der Waals surface area contributed by atoms with Gasteiger partial charge in [0.25, 0.3) is 0 Å². The second kappa shape index (κ2) is 10.5. The molecule has 0 heterocycles. The van der Waals surface area contributed by atoms with Gasteiger partial charge in [-0.2, -0.15) is 0 Å². The van der Waals surface area contributed by atoms with Crippen LogP contribution in [0.2, 0.25) is 0 Å². The lowest BCUT2D eigenvalue weighted by Crippen LogP contribution is -2.34. The van der Waals surface area contributed by atoms with Gasteiger partial charge >= 0.3 is 0 Å². The Morgan fingerprint density at radius 2 is 2.00 bits per heavy atom. The number of hydrogen-bond donors (Lipinski definition) is 1. The van der Waals surface area contributed by atoms with E-state index in [2.05, 4.69) is 11.4 Å². The zero-order chi connectivity index (χ0) is 19.7. The summed E-state index contributed by atoms with van der Waals surface area (Å²) in [5.41, 5.74) is 1.92. The lowest BCUT2D eigenvalue weighted by atomic mass is 9.97. The summed E-state index contributed by atoms with van der Waals surface area (Å²) in [4.78, 5) is 12.3. The molecule has 1 amide bonds. The summed E-state index contributed by atoms with van der Waals surface area (Å²) in [6, 6.07) is 7.22. The standard InChI is InChI=1S/C20H30N2O4S/c1-3-26-19-12-8-7-11-18(19)21-20(23)14-16-22(27(2,24)25)15-13-17-9-5-4-6-10-17/h7-9,11-12H,3-6,10,13-16H2,1-2H3,(H,21,23). The van der Waals surface area contributed by atoms with Gasteiger partial charge in [-0.25, -0.2) is 12.7 Å². The first-order chi connectivity index (χ1) is 12.9. The van der Waals surface area contributed by atoms with E-state index in [9.17, 15) is 13.2 Å². The molecule has 1 aromatic carbocycles. The SMILES string of the molecule is CCOc1ccccc1NC(=O)CCN(CCC1=CCCCC1)S(C)(=O)=O. The van der Waals surface area contributed by atoms with Crippen LogP contribution >= 0.6 is 0 Å². The summed E-state index contributed by atoms with van der Waals surface area (Å²) in [5, 5.41) is 2.81. The highest BCUT2D eigenvalue weighted by atomic mass is 32.2. The minimum atomic E-state index is -3.35. The van der Waals surface area contributed by atoms with Gasteiger partial charge in [0.05, 0.1) is 18.6 Å². The van der Waals surface area contributed by atoms with E-state index < -0.39 is 10.0 Å². The highest BCUT2D eigenvalue weighted by Crippen LogP contribution is 2.24. The van der Waals surface area contributed by atoms with Crippen molar-refractivity contribution in [2.45, 2.75) is 45.4 Å². The van der Waals surface area contributed by atoms with Crippen LogP contribution in [0.3, 0.4) is 0 Å². The van der Waals surface area contributed by atoms with Crippen LogP contribution in [-0.2, 0) is 14.8 Å². The number of anilines is 1. The molecule has 1 aliphatic rings. The van der Waals surface area contributed by atoms with E-state index in [4.69, 9.17) is 4.74 Å². The Morgan fingerprint density at radius 3 is 2.67 bits per heavy atom. The van der Waals surface area contributed by atoms with Crippen LogP contribution in [-0.4, -0.2) is 44.6 Å². The highest BCUT2D eigenvalue weighted by Gasteiger charge is 2.19. The van der Waals surface area contributed by atoms with Gasteiger partial charge in [-0.15, -0.1) is 0 Å². The third-order valence-corrected chi connectivity index (χ3v) is 5.89. The number of rotatable bonds is 10. The van der Waals surface area contributed by atoms with Crippen LogP contribution in [0.4, 0.5) is 5.69 Å². The number of benzene rings is 1. The monoisotopic (exact) mass is 394 g/mol. The lowest BCUT2D eigenvalue weighted by Gasteiger charge is -2.21. The van der Waals surface area contributed by atoms with Crippen LogP contribution in [0.5, 0.6) is 5.75 Å². The van der Waals surface area contributed by atoms with E-state index in [1.165, 1.54) is 29.0 Å². The van der Waals surface area contributed by atoms with Crippen LogP contribution < -0.4 is 10.1 Å². The summed E-state index contributed by atoms with van der Waals surface area (Å²) in [5.74, 6) is 0.380. The predicted molar refractivity (Wildman–Crippen MR) is 108 cm³/mol. The van der Waals surface area contributed by atoms with Gasteiger partial charge in [0.1, 0.15) is 5.75 Å². The van der Waals surface area contributed by atoms with E-state index in [1.54, 1.807) is 12.1 Å². The fourth-order valence-corrected chi connectivity index (χ4v) is 3.98. The van der Waals surface area contributed by atoms with Gasteiger partial charge in [-0.1, -0.05) is 23.8 Å². The number of carbonyl (C=O) groups excluding carboxylic acids is 1. The van der Waals surface area contributed by atoms with Crippen LogP contribution in [0.1, 0.15) is 45.4 Å². The number of allylic oxidation sites excluding steroid dienone is 1. The third kappa shape index (κ3) is 7.34. The highest BCUT2D eigenvalue weighted by molar-refractivity contribution is 7.88. The molecule has 1 N–H and O–H groups in total. The van der Waals surface area contributed by atoms with Crippen molar-refractivity contribution in [1.82, 2.24) is 4.31 Å². The smallest absolute Gasteiger partial charge is 0.225 e. The normalized spacial score (nSPS) is 14.7. The molecule has 27 heavy (non-hydrogen) atoms. The Bertz CT molecular complexity index is 759. The number of hydrogen-bond acceptors (Lipinski definition) is 4. The molecule has 150 valence electrons. The molecule has 0 spiro atoms. The van der Waals surface area contributed by atoms with Gasteiger partial charge in [0.2, 0.25) is 15.9 Å². The van der Waals surface area contributed by atoms with Crippen molar-refractivity contribution < 1.29 is 17.9 Å². The molecule has 0 aliphatic heterocycles. The fourth-order valence-electron chi connectivity index (χ4n) is 3.13. The maximum absolute atomic E-state index is 12.3. The number of amides is 1. The fraction of sp³-hybridized carbons (Fsp3) is 0.550. The number of sulfonamides is 1. The minimum Gasteiger partial charge on any atom is -0.492 e. The Kier molecular flexibility index (Phi) is 8.31. The molecule has 0 aromatic heterocycles. The van der Waals surface area contributed by atoms with E-state index in [-0.39, 0.29) is 18.9 Å². The Balaban J connectivity index is 1.90. The Labute approximate surface area is 162 Å². The third-order valence-electron chi connectivity index (χ3n) is 4.59. The van der Waals surface area contributed by atoms with Crippen molar-refractivity contribution in [3.8, 4) is 5.75 Å². The minimum absolute atomic E-state index is 0.104. The molecule has 0 fully saturated rings. The van der Waals surface area contributed by atoms with Crippen molar-refractivity contribution in [3.63, 3.8) is 0 Å². The largest absolute Gasteiger partial charge is 0.492 e. The maximum Gasteiger partial charge on any atom is 0.225 e. The lowest BCUT2D eigenvalue weighted by molar-refractivity contribution is -0.116. The molecule has 0 saturated carbocycles. The molecule has 2 rings (SSSR count). The summed E-state index contributed by atoms with van der Waals surface area (Å²) >= 11 is 0. The Hall–Kier alpha value is -1.86. The summed E-state index contributed by atoms with van der Waals surface area (Å²) < 4.78 is 31.0. The number of para-hydroxylation sites is 2. The van der Waals surface area contributed by atoms with Crippen LogP contribution in [0.25, 0.3) is 0 Å². The van der Waals surface area contributed by atoms with Crippen LogP contribution in [0, 0.1) is 0 Å². The summed E-state index contributed by atoms with van der Waals surface area (Å²) in [6.45, 7) is 2.98. The molecular formula is C20H30N2O4S. The number of nitrogens with zero attached hydrogens (tertiary/aromatic N) is 1. The maximum atomic E-state index is 12.3. The second-order valence-electron chi connectivity index (χ2n) is 6.75. The second-order valence-corrected chi connectivity index (χ2v) is 8.73. The molecule has 0 unspecified atom stereocenters. The number of carbonyl (C=O) groups is 1. The molecule has 0 bridgehead atoms. The van der Waals surface area contributed by atoms with Gasteiger partial charge in [-0.3, -0.25) is 4.79 Å². The van der Waals surface area contributed by atoms with Crippen molar-refractivity contribution in [2.75, 3.05) is 31.3 Å². The van der Waals surface area contributed by atoms with Gasteiger partial charge in [0.15, 0.2) is 0 Å². The molecule has 1 aliphatic carbocycles. The van der Waals surface area contributed by atoms with Gasteiger partial charge < -0.3 is 10.1 Å². The first-order valence-corrected chi connectivity index (χ1v) is 11.4. The van der Waals surface area contributed by atoms with Crippen LogP contribution in [0.15, 0.2) is 35.9 Å². The zero-order valence-corrected chi connectivity index (χ0v) is 17.1. The molecule has 0 saturated heterocycles. The van der Waals surface area contributed by atoms with E-state index in [0.717, 1.165) is 19.3 Å². The molecule has 7 heteroatoms. The quantitative estimate of drug-likeness (QED) is 0.616. The first-order valence-electron chi connectivity index (χ1n) is 9.55.